The van der Waals surface area contributed by atoms with E-state index in [0.717, 1.165) is 44.3 Å². The molecule has 1 atom stereocenters. The minimum atomic E-state index is -0.757. The Kier molecular flexibility index (Phi) is 13.6. The maximum Gasteiger partial charge on any atom is 0.314 e. The van der Waals surface area contributed by atoms with Gasteiger partial charge in [-0.3, -0.25) is 4.79 Å². The maximum absolute atomic E-state index is 11.8. The lowest BCUT2D eigenvalue weighted by Crippen LogP contribution is -2.33. The number of rotatable bonds is 16. The lowest BCUT2D eigenvalue weighted by molar-refractivity contribution is -0.114. The van der Waals surface area contributed by atoms with Gasteiger partial charge < -0.3 is 10.2 Å². The summed E-state index contributed by atoms with van der Waals surface area (Å²) < 4.78 is 0. The Morgan fingerprint density at radius 2 is 1.95 bits per heavy atom. The Labute approximate surface area is 259 Å². The van der Waals surface area contributed by atoms with Crippen LogP contribution in [-0.2, 0) is 17.6 Å². The van der Waals surface area contributed by atoms with Crippen molar-refractivity contribution in [3.63, 3.8) is 0 Å². The molecule has 0 radical (unpaired) electrons. The first-order valence-corrected chi connectivity index (χ1v) is 16.1. The minimum Gasteiger partial charge on any atom is -0.368 e. The number of pyridine rings is 1. The third-order valence-electron chi connectivity index (χ3n) is 8.37. The summed E-state index contributed by atoms with van der Waals surface area (Å²) in [6, 6.07) is 13.6. The second-order valence-electron chi connectivity index (χ2n) is 11.3. The molecule has 0 spiro atoms. The van der Waals surface area contributed by atoms with Crippen LogP contribution >= 0.6 is 0 Å². The number of nitrogens with zero attached hydrogens (tertiary/aromatic N) is 3. The van der Waals surface area contributed by atoms with Crippen molar-refractivity contribution in [2.75, 3.05) is 16.8 Å². The summed E-state index contributed by atoms with van der Waals surface area (Å²) in [7, 11) is 0. The van der Waals surface area contributed by atoms with Crippen molar-refractivity contribution in [2.24, 2.45) is 5.18 Å². The van der Waals surface area contributed by atoms with Crippen LogP contribution in [0.15, 0.2) is 82.2 Å². The standard InChI is InChI=1S/C37H50N4O2/c1-7-13-28(9-3)17-18-30(26-32-15-12-16-36(38-32)39-34(11-5)27(6)37(42)40-43)20-19-29-21-22-35-31(25-29)23-24-41(35)33(10-4)14-8-2/h7,12-13,15-17,21-22,25-26,33H,8-11,14,18-20,23-24H2,1-6H3,(H,38,39)/b13-7-,28-17-,30-26-,34-27+. The molecule has 2 aromatic rings. The van der Waals surface area contributed by atoms with Gasteiger partial charge in [0.2, 0.25) is 0 Å². The first kappa shape index (κ1) is 33.7. The van der Waals surface area contributed by atoms with Crippen LogP contribution in [0.5, 0.6) is 0 Å². The highest BCUT2D eigenvalue weighted by atomic mass is 16.3. The Morgan fingerprint density at radius 3 is 2.63 bits per heavy atom. The van der Waals surface area contributed by atoms with E-state index in [-0.39, 0.29) is 0 Å². The molecular formula is C37H50N4O2. The molecule has 1 aliphatic rings. The van der Waals surface area contributed by atoms with E-state index in [1.165, 1.54) is 47.2 Å². The number of allylic oxidation sites excluding steroid dienone is 6. The molecule has 1 N–H and O–H groups in total. The number of hydrogen-bond donors (Lipinski definition) is 1. The fourth-order valence-corrected chi connectivity index (χ4v) is 5.88. The van der Waals surface area contributed by atoms with Crippen molar-refractivity contribution in [3.05, 3.63) is 98.8 Å². The Hall–Kier alpha value is -3.80. The molecule has 1 aliphatic heterocycles. The number of nitroso groups, excluding NO2 is 1. The molecule has 3 rings (SSSR count). The quantitative estimate of drug-likeness (QED) is 0.121. The largest absolute Gasteiger partial charge is 0.368 e. The zero-order valence-electron chi connectivity index (χ0n) is 27.1. The summed E-state index contributed by atoms with van der Waals surface area (Å²) in [4.78, 5) is 30.0. The molecule has 0 saturated carbocycles. The van der Waals surface area contributed by atoms with E-state index in [0.29, 0.717) is 29.6 Å². The number of nitrogens with one attached hydrogen (secondary N) is 1. The average Bonchev–Trinajstić information content (AvgIpc) is 3.45. The van der Waals surface area contributed by atoms with Crippen LogP contribution in [0.3, 0.4) is 0 Å². The molecule has 0 fully saturated rings. The van der Waals surface area contributed by atoms with Gasteiger partial charge in [0, 0.05) is 34.7 Å². The van der Waals surface area contributed by atoms with Crippen molar-refractivity contribution < 1.29 is 4.79 Å². The van der Waals surface area contributed by atoms with Gasteiger partial charge in [-0.1, -0.05) is 81.7 Å². The first-order valence-electron chi connectivity index (χ1n) is 16.1. The lowest BCUT2D eigenvalue weighted by Gasteiger charge is -2.29. The highest BCUT2D eigenvalue weighted by Gasteiger charge is 2.24. The summed E-state index contributed by atoms with van der Waals surface area (Å²) in [5.41, 5.74) is 8.76. The zero-order valence-corrected chi connectivity index (χ0v) is 27.1. The number of amides is 1. The third-order valence-corrected chi connectivity index (χ3v) is 8.37. The van der Waals surface area contributed by atoms with Crippen LogP contribution in [0.25, 0.3) is 6.08 Å². The smallest absolute Gasteiger partial charge is 0.314 e. The van der Waals surface area contributed by atoms with Crippen molar-refractivity contribution in [1.82, 2.24) is 4.98 Å². The van der Waals surface area contributed by atoms with E-state index in [1.807, 2.05) is 25.1 Å². The van der Waals surface area contributed by atoms with E-state index in [4.69, 9.17) is 4.98 Å². The highest BCUT2D eigenvalue weighted by Crippen LogP contribution is 2.33. The predicted octanol–water partition coefficient (Wildman–Crippen LogP) is 9.73. The molecule has 1 aromatic carbocycles. The van der Waals surface area contributed by atoms with Crippen LogP contribution in [0.4, 0.5) is 11.5 Å². The second-order valence-corrected chi connectivity index (χ2v) is 11.3. The van der Waals surface area contributed by atoms with Crippen molar-refractivity contribution in [2.45, 2.75) is 105 Å². The Balaban J connectivity index is 1.84. The zero-order chi connectivity index (χ0) is 31.2. The van der Waals surface area contributed by atoms with Crippen molar-refractivity contribution in [3.8, 4) is 0 Å². The Bertz CT molecular complexity index is 1370. The van der Waals surface area contributed by atoms with E-state index in [2.05, 4.69) is 85.6 Å². The molecule has 0 saturated heterocycles. The number of aromatic nitrogens is 1. The SMILES string of the molecule is C/C=C\C(=C/C/C(=C/c1cccc(N/C(CC)=C(\C)C(=O)N=O)n1)CCc1ccc2c(c1)CCN2C(CC)CCC)CC. The minimum absolute atomic E-state index is 0.315. The van der Waals surface area contributed by atoms with Gasteiger partial charge >= 0.3 is 5.91 Å². The molecule has 0 aliphatic carbocycles. The number of benzene rings is 1. The van der Waals surface area contributed by atoms with Crippen LogP contribution in [0.1, 0.15) is 103 Å². The number of aryl methyl sites for hydroxylation is 1. The van der Waals surface area contributed by atoms with E-state index in [1.54, 1.807) is 6.92 Å². The van der Waals surface area contributed by atoms with E-state index >= 15 is 0 Å². The number of fused-ring (bicyclic) bond motifs is 1. The van der Waals surface area contributed by atoms with Crippen molar-refractivity contribution in [1.29, 1.82) is 0 Å². The molecular weight excluding hydrogens is 532 g/mol. The lowest BCUT2D eigenvalue weighted by atomic mass is 9.97. The summed E-state index contributed by atoms with van der Waals surface area (Å²) in [5.74, 6) is -0.119. The fourth-order valence-electron chi connectivity index (χ4n) is 5.88. The van der Waals surface area contributed by atoms with Crippen LogP contribution < -0.4 is 10.2 Å². The number of anilines is 2. The van der Waals surface area contributed by atoms with Crippen LogP contribution in [0.2, 0.25) is 0 Å². The van der Waals surface area contributed by atoms with Gasteiger partial charge in [0.25, 0.3) is 0 Å². The molecule has 1 unspecified atom stereocenters. The molecule has 230 valence electrons. The van der Waals surface area contributed by atoms with E-state index < -0.39 is 5.91 Å². The monoisotopic (exact) mass is 582 g/mol. The third kappa shape index (κ3) is 9.60. The number of hydrogen-bond acceptors (Lipinski definition) is 5. The molecule has 6 heteroatoms. The Morgan fingerprint density at radius 1 is 1.14 bits per heavy atom. The summed E-state index contributed by atoms with van der Waals surface area (Å²) >= 11 is 0. The van der Waals surface area contributed by atoms with Gasteiger partial charge in [-0.15, -0.1) is 4.91 Å². The predicted molar refractivity (Wildman–Crippen MR) is 182 cm³/mol. The summed E-state index contributed by atoms with van der Waals surface area (Å²) in [6.45, 7) is 13.5. The van der Waals surface area contributed by atoms with Gasteiger partial charge in [0.1, 0.15) is 5.82 Å². The highest BCUT2D eigenvalue weighted by molar-refractivity contribution is 5.94. The second kappa shape index (κ2) is 17.3. The molecule has 1 aromatic heterocycles. The molecule has 2 heterocycles. The van der Waals surface area contributed by atoms with Gasteiger partial charge in [0.05, 0.1) is 5.69 Å². The van der Waals surface area contributed by atoms with Crippen molar-refractivity contribution >= 4 is 23.5 Å². The van der Waals surface area contributed by atoms with Gasteiger partial charge in [-0.05, 0) is 101 Å². The maximum atomic E-state index is 11.8. The summed E-state index contributed by atoms with van der Waals surface area (Å²) in [6.07, 6.45) is 17.9. The molecule has 1 amide bonds. The van der Waals surface area contributed by atoms with Crippen LogP contribution in [0, 0.1) is 4.91 Å². The number of carbonyl (C=O) groups is 1. The van der Waals surface area contributed by atoms with Gasteiger partial charge in [-0.2, -0.15) is 0 Å². The van der Waals surface area contributed by atoms with Gasteiger partial charge in [0.15, 0.2) is 0 Å². The topological polar surface area (TPSA) is 74.7 Å². The fraction of sp³-hybridized carbons (Fsp3) is 0.459. The summed E-state index contributed by atoms with van der Waals surface area (Å²) in [5, 5.41) is 5.80. The van der Waals surface area contributed by atoms with Gasteiger partial charge in [-0.25, -0.2) is 4.98 Å². The first-order chi connectivity index (χ1) is 20.9. The molecule has 0 bridgehead atoms. The average molecular weight is 583 g/mol. The number of carbonyl (C=O) groups excluding carboxylic acids is 1. The molecule has 6 nitrogen and oxygen atoms in total. The molecule has 43 heavy (non-hydrogen) atoms. The van der Waals surface area contributed by atoms with Crippen LogP contribution in [-0.4, -0.2) is 23.5 Å². The normalized spacial score (nSPS) is 15.0. The van der Waals surface area contributed by atoms with E-state index in [9.17, 15) is 9.70 Å².